The standard InChI is InChI=1S/C12H10BN3O3.C12H11N3O3.C12H9N2O4P.C12H14N2O2P.C12H12N2O2P.C11H7BN2O3.C11H8N2O3.C11H10N2O2P/c1-18-16-11(12(17)19-13)10-6-9(7-15-10)8-2-4-14-5-3-8;1-18-15-11(12(16)17)10-6-9(7-14-10)8-2-4-13-5-3-8;1-19(18)14-7-9(8-2-4-13-5-3-8)6-10(14)11(15)12(16)17;2*1-9(15)12-7-11(8-14(12)17(2)16)10-3-5-13-6-4-10;12-17-11(16)10(15)9-5-8(6-14-9)7-1-3-13-4-2-7;14-10(11(15)16)9-5-8(6-13-9)7-1-3-12-4-2-7;1-16(15)13-7-10(6-11(13)8-14)9-2-4-12-5-3-9/h2-7,15H,1H3;2-7,14H,1H3,(H,16,17);2-7H,1H3;3-9,15H,1-2H3;3-8H,1-2H3;1-6,14H;1-6,13H,(H,15,16);2-8H,1H3/q;;;2*+1;;;+1/p+1. The second-order valence-electron chi connectivity index (χ2n) is 28.2. The van der Waals surface area contributed by atoms with Gasteiger partial charge >= 0.3 is 77.8 Å². The van der Waals surface area contributed by atoms with Gasteiger partial charge in [-0.15, -0.1) is 17.4 Å². The Morgan fingerprint density at radius 1 is 0.353 bits per heavy atom. The van der Waals surface area contributed by atoms with Gasteiger partial charge in [-0.3, -0.25) is 63.8 Å². The topological polar surface area (TPSA) is 568 Å². The number of Topliss-reactive ketones (excluding diaryl/α,β-unsaturated/α-hetero) is 4. The van der Waals surface area contributed by atoms with Gasteiger partial charge in [-0.25, -0.2) is 24.0 Å². The molecule has 5 atom stereocenters. The summed E-state index contributed by atoms with van der Waals surface area (Å²) >= 11 is 0. The Morgan fingerprint density at radius 2 is 0.626 bits per heavy atom. The van der Waals surface area contributed by atoms with Gasteiger partial charge in [0.2, 0.25) is 11.4 Å². The largest absolute Gasteiger partial charge is 0.539 e. The van der Waals surface area contributed by atoms with Crippen LogP contribution in [0.15, 0.2) is 305 Å². The number of aliphatic hydroxyl groups is 1. The molecular weight excluding hydrogens is 1870 g/mol. The molecule has 0 aromatic carbocycles. The maximum absolute atomic E-state index is 11.6. The molecule has 46 heteroatoms. The number of nitrogens with zero attached hydrogens (tertiary/aromatic N) is 14. The highest BCUT2D eigenvalue weighted by Crippen LogP contribution is 2.36. The lowest BCUT2D eigenvalue weighted by Crippen LogP contribution is -2.18. The zero-order valence-electron chi connectivity index (χ0n) is 74.7. The molecule has 16 heterocycles. The van der Waals surface area contributed by atoms with Gasteiger partial charge in [0, 0.05) is 153 Å². The highest BCUT2D eigenvalue weighted by molar-refractivity contribution is 7.42. The fourth-order valence-electron chi connectivity index (χ4n) is 12.4. The number of aromatic nitrogens is 16. The molecule has 8 N–H and O–H groups in total. The number of H-pyrrole nitrogens is 4. The molecule has 698 valence electrons. The van der Waals surface area contributed by atoms with Gasteiger partial charge in [-0.1, -0.05) is 10.3 Å². The van der Waals surface area contributed by atoms with E-state index in [-0.39, 0.29) is 34.3 Å². The number of ketones is 4. The van der Waals surface area contributed by atoms with Gasteiger partial charge in [0.1, 0.15) is 31.3 Å². The maximum atomic E-state index is 11.6. The predicted octanol–water partition coefficient (Wildman–Crippen LogP) is 15.2. The Morgan fingerprint density at radius 3 is 0.906 bits per heavy atom. The van der Waals surface area contributed by atoms with Crippen molar-refractivity contribution in [3.05, 3.63) is 340 Å². The first-order valence-electron chi connectivity index (χ1n) is 40.3. The van der Waals surface area contributed by atoms with Crippen LogP contribution < -0.4 is 0 Å². The second-order valence-corrected chi connectivity index (χ2v) is 33.6. The zero-order chi connectivity index (χ0) is 101. The highest BCUT2D eigenvalue weighted by atomic mass is 31.1. The van der Waals surface area contributed by atoms with E-state index >= 15 is 0 Å². The summed E-state index contributed by atoms with van der Waals surface area (Å²) in [5.41, 5.74) is 16.2. The van der Waals surface area contributed by atoms with Crippen molar-refractivity contribution in [2.24, 2.45) is 10.3 Å². The number of carboxylic acid groups (broad SMARTS) is 3. The molecule has 16 aromatic heterocycles. The smallest absolute Gasteiger partial charge is 0.463 e. The monoisotopic (exact) mass is 1950 g/mol. The summed E-state index contributed by atoms with van der Waals surface area (Å²) in [6.45, 7) is 9.32. The van der Waals surface area contributed by atoms with Crippen molar-refractivity contribution in [2.45, 2.75) is 20.0 Å². The van der Waals surface area contributed by atoms with Crippen LogP contribution in [0.1, 0.15) is 89.5 Å². The van der Waals surface area contributed by atoms with Crippen LogP contribution in [0.3, 0.4) is 0 Å². The minimum atomic E-state index is -1.88. The van der Waals surface area contributed by atoms with Crippen molar-refractivity contribution in [2.75, 3.05) is 40.9 Å². The van der Waals surface area contributed by atoms with Crippen molar-refractivity contribution in [1.29, 1.82) is 0 Å². The molecule has 4 radical (unpaired) electrons. The number of carbonyl (C=O) groups excluding carboxylic acids is 7. The molecule has 5 unspecified atom stereocenters. The van der Waals surface area contributed by atoms with Crippen molar-refractivity contribution in [3.8, 4) is 89.0 Å². The second kappa shape index (κ2) is 52.3. The first kappa shape index (κ1) is 105. The number of aliphatic hydroxyl groups excluding tert-OH is 1. The Bertz CT molecular complexity index is 7050. The van der Waals surface area contributed by atoms with E-state index in [1.807, 2.05) is 66.7 Å². The first-order chi connectivity index (χ1) is 66.8. The normalized spacial score (nSPS) is 11.2. The molecule has 0 spiro atoms. The summed E-state index contributed by atoms with van der Waals surface area (Å²) in [7, 11) is 5.55. The Labute approximate surface area is 797 Å². The van der Waals surface area contributed by atoms with Crippen LogP contribution in [0.5, 0.6) is 0 Å². The quantitative estimate of drug-likeness (QED) is 0.00451. The molecule has 0 aliphatic rings. The van der Waals surface area contributed by atoms with Gasteiger partial charge in [0.05, 0.1) is 59.4 Å². The Hall–Kier alpha value is -17.4. The number of rotatable bonds is 27. The van der Waals surface area contributed by atoms with Crippen molar-refractivity contribution >= 4 is 119 Å². The van der Waals surface area contributed by atoms with Crippen LogP contribution in [0.25, 0.3) is 89.0 Å². The Balaban J connectivity index is 0.000000178. The number of pyridine rings is 8. The third-order valence-corrected chi connectivity index (χ3v) is 22.8. The summed E-state index contributed by atoms with van der Waals surface area (Å²) < 4.78 is 60.0. The fraction of sp³-hybridized carbons (Fsp3) is 0.0968. The molecule has 0 saturated carbocycles. The maximum Gasteiger partial charge on any atom is 0.463 e. The van der Waals surface area contributed by atoms with E-state index in [4.69, 9.17) is 23.4 Å². The van der Waals surface area contributed by atoms with Gasteiger partial charge in [0.15, 0.2) is 38.7 Å². The number of oxime groups is 2. The van der Waals surface area contributed by atoms with E-state index in [9.17, 15) is 71.3 Å². The summed E-state index contributed by atoms with van der Waals surface area (Å²) in [6.07, 6.45) is 40.0. The average molecular weight is 1950 g/mol. The molecule has 0 bridgehead atoms. The van der Waals surface area contributed by atoms with Crippen LogP contribution in [0.4, 0.5) is 0 Å². The number of carbonyl (C=O) groups is 10. The van der Waals surface area contributed by atoms with E-state index in [0.29, 0.717) is 40.3 Å². The van der Waals surface area contributed by atoms with E-state index in [1.54, 1.807) is 241 Å². The fourth-order valence-corrected chi connectivity index (χ4v) is 15.5. The molecule has 0 aliphatic carbocycles. The van der Waals surface area contributed by atoms with Gasteiger partial charge in [0.25, 0.3) is 17.3 Å². The van der Waals surface area contributed by atoms with E-state index < -0.39 is 85.1 Å². The van der Waals surface area contributed by atoms with Crippen LogP contribution in [-0.4, -0.2) is 225 Å². The van der Waals surface area contributed by atoms with E-state index in [1.165, 1.54) is 59.2 Å². The third kappa shape index (κ3) is 29.8. The van der Waals surface area contributed by atoms with E-state index in [2.05, 4.69) is 97.2 Å². The molecular formula is C93H82B2N18O22P4+4. The molecule has 0 fully saturated rings. The molecule has 139 heavy (non-hydrogen) atoms. The van der Waals surface area contributed by atoms with Crippen LogP contribution >= 0.6 is 31.8 Å². The van der Waals surface area contributed by atoms with Crippen LogP contribution in [0, 0.1) is 0 Å². The van der Waals surface area contributed by atoms with Gasteiger partial charge < -0.3 is 59.3 Å². The minimum absolute atomic E-state index is 0.0368. The molecule has 16 rings (SSSR count). The average Bonchev–Trinajstić information content (AvgIpc) is 1.67. The molecule has 0 saturated heterocycles. The van der Waals surface area contributed by atoms with Crippen molar-refractivity contribution < 1.29 is 106 Å². The van der Waals surface area contributed by atoms with Gasteiger partial charge in [-0.05, 0) is 238 Å². The van der Waals surface area contributed by atoms with Crippen molar-refractivity contribution in [1.82, 2.24) is 77.2 Å². The van der Waals surface area contributed by atoms with Gasteiger partial charge in [-0.2, -0.15) is 0 Å². The third-order valence-electron chi connectivity index (χ3n) is 19.0. The summed E-state index contributed by atoms with van der Waals surface area (Å²) in [6, 6.07) is 42.3. The zero-order valence-corrected chi connectivity index (χ0v) is 78.3. The SMILES string of the molecule is CC(=O)c1cc(-c2ccncc2)cn1[P+](C)=O.CC(O)c1cc(-c2ccncc2)cn1[P+](C)=O.CON=C(C(=O)O)c1cc(-c2ccncc2)c[nH]1.C[P+](=O)n1cc(-c2ccncc2)cc1C(=O)C(=O)O.C[P+](=O)n1cc(-c2ccncc2)cc1C=O.O=C(O)C(=O)c1cc(-c2ccncc2)c[nH]1.[B]OC(=O)C(=NOC)c1cc(-c2ccncc2)c[nH]1.[B]OC(=O)C(=O)c1cc(-c2ccncc2)c[nH]1. The number of aldehydes is 1. The minimum Gasteiger partial charge on any atom is -0.539 e. The summed E-state index contributed by atoms with van der Waals surface area (Å²) in [4.78, 5) is 163. The lowest BCUT2D eigenvalue weighted by molar-refractivity contribution is -0.132. The first-order valence-corrected chi connectivity index (χ1v) is 47.0. The molecule has 0 aliphatic heterocycles. The Kier molecular flexibility index (Phi) is 39.6. The number of hydrogen-bond donors (Lipinski definition) is 8. The molecule has 0 amide bonds. The molecule has 16 aromatic rings. The van der Waals surface area contributed by atoms with Crippen LogP contribution in [-0.2, 0) is 61.2 Å². The molecule has 40 nitrogen and oxygen atoms in total. The lowest BCUT2D eigenvalue weighted by Gasteiger charge is -2.01. The summed E-state index contributed by atoms with van der Waals surface area (Å²) in [5, 5.41) is 43.0. The number of hydrogen-bond acceptors (Lipinski definition) is 29. The predicted molar refractivity (Wildman–Crippen MR) is 515 cm³/mol. The number of aromatic amines is 4. The number of carboxylic acids is 3. The number of nitrogens with one attached hydrogen (secondary N) is 4. The highest BCUT2D eigenvalue weighted by Gasteiger charge is 2.29. The number of aliphatic carboxylic acids is 3. The van der Waals surface area contributed by atoms with Crippen molar-refractivity contribution in [3.63, 3.8) is 0 Å². The lowest BCUT2D eigenvalue weighted by atomic mass is 10.1. The van der Waals surface area contributed by atoms with Crippen LogP contribution in [0.2, 0.25) is 0 Å². The summed E-state index contributed by atoms with van der Waals surface area (Å²) in [5.74, 6) is -9.01. The van der Waals surface area contributed by atoms with E-state index in [0.717, 1.165) is 83.5 Å².